The summed E-state index contributed by atoms with van der Waals surface area (Å²) in [7, 11) is 2.09. The number of esters is 1. The lowest BCUT2D eigenvalue weighted by molar-refractivity contribution is -0.164. The third kappa shape index (κ3) is 11.5. The molecular formula is C38H55ClN4O4. The van der Waals surface area contributed by atoms with Crippen molar-refractivity contribution < 1.29 is 19.1 Å². The van der Waals surface area contributed by atoms with Crippen molar-refractivity contribution in [1.29, 1.82) is 0 Å². The van der Waals surface area contributed by atoms with Crippen LogP contribution >= 0.6 is 11.6 Å². The molecular weight excluding hydrogens is 612 g/mol. The fourth-order valence-electron chi connectivity index (χ4n) is 6.34. The van der Waals surface area contributed by atoms with E-state index < -0.39 is 12.4 Å². The van der Waals surface area contributed by atoms with Crippen LogP contribution in [0, 0.1) is 0 Å². The molecule has 9 heteroatoms. The van der Waals surface area contributed by atoms with Gasteiger partial charge in [-0.25, -0.2) is 14.7 Å². The Morgan fingerprint density at radius 3 is 2.04 bits per heavy atom. The predicted octanol–water partition coefficient (Wildman–Crippen LogP) is 8.32. The maximum atomic E-state index is 14.0. The van der Waals surface area contributed by atoms with Crippen LogP contribution in [0.4, 0.5) is 16.2 Å². The molecule has 2 aromatic carbocycles. The van der Waals surface area contributed by atoms with Crippen LogP contribution in [0.25, 0.3) is 5.82 Å². The third-order valence-corrected chi connectivity index (χ3v) is 9.30. The monoisotopic (exact) mass is 666 g/mol. The molecule has 2 aliphatic heterocycles. The molecule has 8 nitrogen and oxygen atoms in total. The first kappa shape index (κ1) is 36.7. The van der Waals surface area contributed by atoms with Gasteiger partial charge in [-0.3, -0.25) is 4.79 Å². The molecule has 0 aliphatic carbocycles. The van der Waals surface area contributed by atoms with Crippen LogP contribution in [0.1, 0.15) is 110 Å². The van der Waals surface area contributed by atoms with Crippen molar-refractivity contribution in [1.82, 2.24) is 9.80 Å². The lowest BCUT2D eigenvalue weighted by atomic mass is 10.0. The Kier molecular flexibility index (Phi) is 15.4. The SMILES string of the molecule is CCCCCCCCCCCCCCCCC(=O)OC(C)OC(=O)N1C(N2CCN(C)CC2)=c2ccccc2=Nc2ccc(Cl)cc21. The number of halogens is 1. The minimum absolute atomic E-state index is 0.313. The topological polar surface area (TPSA) is 74.7 Å². The Hall–Kier alpha value is -3.10. The quantitative estimate of drug-likeness (QED) is 0.0905. The van der Waals surface area contributed by atoms with Crippen molar-refractivity contribution in [2.45, 2.75) is 116 Å². The van der Waals surface area contributed by atoms with E-state index in [9.17, 15) is 9.59 Å². The first-order valence-electron chi connectivity index (χ1n) is 18.0. The Bertz CT molecular complexity index is 1410. The number of amides is 1. The maximum absolute atomic E-state index is 14.0. The van der Waals surface area contributed by atoms with E-state index in [1.807, 2.05) is 30.3 Å². The van der Waals surface area contributed by atoms with E-state index in [0.717, 1.165) is 56.0 Å². The summed E-state index contributed by atoms with van der Waals surface area (Å²) < 4.78 is 11.3. The highest BCUT2D eigenvalue weighted by Gasteiger charge is 2.33. The zero-order chi connectivity index (χ0) is 33.4. The third-order valence-electron chi connectivity index (χ3n) is 9.06. The summed E-state index contributed by atoms with van der Waals surface area (Å²) in [6.45, 7) is 7.00. The van der Waals surface area contributed by atoms with Gasteiger partial charge >= 0.3 is 12.1 Å². The second kappa shape index (κ2) is 19.7. The van der Waals surface area contributed by atoms with Crippen LogP contribution in [0.3, 0.4) is 0 Å². The molecule has 2 aliphatic rings. The standard InChI is InChI=1S/C38H55ClN4O4/c1-4-5-6-7-8-9-10-11-12-13-14-15-16-17-22-36(44)46-30(2)47-38(45)43-35-29-31(39)23-24-34(35)40-33-21-19-18-20-32(33)37(43)42-27-25-41(3)26-28-42/h18-21,23-24,29-30H,4-17,22,25-28H2,1-3H3. The Morgan fingerprint density at radius 1 is 0.809 bits per heavy atom. The molecule has 1 amide bonds. The van der Waals surface area contributed by atoms with Crippen LogP contribution in [0.5, 0.6) is 0 Å². The van der Waals surface area contributed by atoms with Gasteiger partial charge in [0.15, 0.2) is 0 Å². The maximum Gasteiger partial charge on any atom is 0.423 e. The number of hydrogen-bond donors (Lipinski definition) is 0. The molecule has 258 valence electrons. The van der Waals surface area contributed by atoms with Crippen molar-refractivity contribution in [3.8, 4) is 0 Å². The van der Waals surface area contributed by atoms with Gasteiger partial charge in [-0.1, -0.05) is 114 Å². The van der Waals surface area contributed by atoms with Crippen molar-refractivity contribution in [3.05, 3.63) is 58.1 Å². The smallest absolute Gasteiger partial charge is 0.423 e. The van der Waals surface area contributed by atoms with E-state index in [0.29, 0.717) is 28.6 Å². The van der Waals surface area contributed by atoms with E-state index >= 15 is 0 Å². The largest absolute Gasteiger partial charge is 0.425 e. The molecule has 0 spiro atoms. The highest BCUT2D eigenvalue weighted by atomic mass is 35.5. The van der Waals surface area contributed by atoms with Gasteiger partial charge < -0.3 is 19.3 Å². The van der Waals surface area contributed by atoms with Gasteiger partial charge in [-0.05, 0) is 43.8 Å². The summed E-state index contributed by atoms with van der Waals surface area (Å²) in [4.78, 5) is 37.6. The van der Waals surface area contributed by atoms with E-state index in [1.165, 1.54) is 70.6 Å². The number of benzene rings is 2. The molecule has 1 atom stereocenters. The summed E-state index contributed by atoms with van der Waals surface area (Å²) >= 11 is 6.45. The van der Waals surface area contributed by atoms with E-state index in [-0.39, 0.29) is 5.97 Å². The first-order valence-corrected chi connectivity index (χ1v) is 18.4. The summed E-state index contributed by atoms with van der Waals surface area (Å²) in [5, 5.41) is 2.06. The molecule has 47 heavy (non-hydrogen) atoms. The Balaban J connectivity index is 1.28. The number of ether oxygens (including phenoxy) is 2. The first-order chi connectivity index (χ1) is 22.9. The zero-order valence-corrected chi connectivity index (χ0v) is 29.6. The minimum atomic E-state index is -1.05. The van der Waals surface area contributed by atoms with Crippen LogP contribution in [-0.4, -0.2) is 61.4 Å². The minimum Gasteiger partial charge on any atom is -0.425 e. The van der Waals surface area contributed by atoms with Gasteiger partial charge in [0, 0.05) is 49.8 Å². The van der Waals surface area contributed by atoms with Crippen molar-refractivity contribution in [3.63, 3.8) is 0 Å². The highest BCUT2D eigenvalue weighted by molar-refractivity contribution is 6.31. The number of anilines is 1. The summed E-state index contributed by atoms with van der Waals surface area (Å²) in [6, 6.07) is 13.1. The van der Waals surface area contributed by atoms with Crippen LogP contribution in [0.15, 0.2) is 47.5 Å². The number of hydrogen-bond acceptors (Lipinski definition) is 7. The molecule has 0 N–H and O–H groups in total. The van der Waals surface area contributed by atoms with E-state index in [2.05, 4.69) is 23.8 Å². The summed E-state index contributed by atoms with van der Waals surface area (Å²) in [5.74, 6) is 0.330. The lowest BCUT2D eigenvalue weighted by Crippen LogP contribution is -2.51. The van der Waals surface area contributed by atoms with Crippen molar-refractivity contribution in [2.75, 3.05) is 38.1 Å². The van der Waals surface area contributed by atoms with Gasteiger partial charge in [0.05, 0.1) is 16.7 Å². The number of piperazine rings is 1. The summed E-state index contributed by atoms with van der Waals surface area (Å²) in [5.41, 5.74) is 1.12. The molecule has 2 aromatic rings. The van der Waals surface area contributed by atoms with E-state index in [4.69, 9.17) is 26.1 Å². The molecule has 0 radical (unpaired) electrons. The fourth-order valence-corrected chi connectivity index (χ4v) is 6.50. The number of rotatable bonds is 18. The molecule has 2 heterocycles. The number of nitrogens with zero attached hydrogens (tertiary/aromatic N) is 4. The molecule has 0 aromatic heterocycles. The second-order valence-electron chi connectivity index (χ2n) is 13.0. The molecule has 1 fully saturated rings. The molecule has 4 rings (SSSR count). The normalized spacial score (nSPS) is 15.4. The number of unbranched alkanes of at least 4 members (excludes halogenated alkanes) is 13. The van der Waals surface area contributed by atoms with Crippen LogP contribution in [-0.2, 0) is 14.3 Å². The van der Waals surface area contributed by atoms with Gasteiger partial charge in [0.25, 0.3) is 0 Å². The number of fused-ring (bicyclic) bond motifs is 2. The lowest BCUT2D eigenvalue weighted by Gasteiger charge is -2.39. The summed E-state index contributed by atoms with van der Waals surface area (Å²) in [6.07, 6.45) is 16.2. The van der Waals surface area contributed by atoms with Gasteiger partial charge in [-0.15, -0.1) is 0 Å². The molecule has 1 saturated heterocycles. The number of carbonyl (C=O) groups excluding carboxylic acids is 2. The van der Waals surface area contributed by atoms with Gasteiger partial charge in [0.1, 0.15) is 5.82 Å². The number of likely N-dealkylation sites (N-methyl/N-ethyl adjacent to an activating group) is 1. The zero-order valence-electron chi connectivity index (χ0n) is 28.9. The second-order valence-corrected chi connectivity index (χ2v) is 13.4. The fraction of sp³-hybridized carbons (Fsp3) is 0.605. The molecule has 0 saturated carbocycles. The van der Waals surface area contributed by atoms with E-state index in [1.54, 1.807) is 24.0 Å². The number of para-hydroxylation sites is 1. The average molecular weight is 667 g/mol. The molecule has 1 unspecified atom stereocenters. The highest BCUT2D eigenvalue weighted by Crippen LogP contribution is 2.36. The average Bonchev–Trinajstić information content (AvgIpc) is 3.19. The Morgan fingerprint density at radius 2 is 1.40 bits per heavy atom. The Labute approximate surface area is 286 Å². The van der Waals surface area contributed by atoms with Crippen LogP contribution < -0.4 is 15.5 Å². The van der Waals surface area contributed by atoms with Crippen LogP contribution in [0.2, 0.25) is 5.02 Å². The van der Waals surface area contributed by atoms with Crippen molar-refractivity contribution in [2.24, 2.45) is 4.99 Å². The number of carbonyl (C=O) groups is 2. The van der Waals surface area contributed by atoms with Gasteiger partial charge in [0.2, 0.25) is 6.29 Å². The van der Waals surface area contributed by atoms with Crippen molar-refractivity contribution >= 4 is 40.9 Å². The predicted molar refractivity (Wildman–Crippen MR) is 190 cm³/mol. The molecule has 0 bridgehead atoms. The van der Waals surface area contributed by atoms with Gasteiger partial charge in [-0.2, -0.15) is 0 Å².